The number of nitrogens with zero attached hydrogens (tertiary/aromatic N) is 2. The zero-order valence-electron chi connectivity index (χ0n) is 11.1. The number of thiocarbonyl (C=S) groups is 1. The lowest BCUT2D eigenvalue weighted by molar-refractivity contribution is 0.316. The molecule has 2 N–H and O–H groups in total. The van der Waals surface area contributed by atoms with Gasteiger partial charge in [-0.15, -0.1) is 0 Å². The molecule has 0 saturated carbocycles. The summed E-state index contributed by atoms with van der Waals surface area (Å²) in [5.74, 6) is 1.69. The minimum atomic E-state index is 0.528. The van der Waals surface area contributed by atoms with Crippen molar-refractivity contribution in [3.8, 4) is 5.75 Å². The Morgan fingerprint density at radius 3 is 2.89 bits per heavy atom. The molecule has 0 fully saturated rings. The van der Waals surface area contributed by atoms with Crippen LogP contribution in [0.3, 0.4) is 0 Å². The van der Waals surface area contributed by atoms with Gasteiger partial charge in [0.05, 0.1) is 11.6 Å². The van der Waals surface area contributed by atoms with Gasteiger partial charge in [0.2, 0.25) is 0 Å². The predicted molar refractivity (Wildman–Crippen MR) is 79.3 cm³/mol. The van der Waals surface area contributed by atoms with Gasteiger partial charge < -0.3 is 15.4 Å². The largest absolute Gasteiger partial charge is 0.490 e. The number of ether oxygens (including phenoxy) is 1. The third-order valence-electron chi connectivity index (χ3n) is 2.52. The van der Waals surface area contributed by atoms with Crippen molar-refractivity contribution in [1.82, 2.24) is 4.98 Å². The summed E-state index contributed by atoms with van der Waals surface area (Å²) in [4.78, 5) is 7.05. The molecule has 0 radical (unpaired) electrons. The summed E-state index contributed by atoms with van der Waals surface area (Å²) >= 11 is 4.91. The highest BCUT2D eigenvalue weighted by molar-refractivity contribution is 7.80. The maximum Gasteiger partial charge on any atom is 0.171 e. The second-order valence-corrected chi connectivity index (χ2v) is 4.49. The minimum Gasteiger partial charge on any atom is -0.490 e. The first-order valence-electron chi connectivity index (χ1n) is 6.30. The van der Waals surface area contributed by atoms with Crippen LogP contribution in [0.2, 0.25) is 0 Å². The molecule has 0 aliphatic carbocycles. The molecule has 0 saturated heterocycles. The van der Waals surface area contributed by atoms with Gasteiger partial charge in [-0.05, 0) is 25.5 Å². The summed E-state index contributed by atoms with van der Waals surface area (Å²) in [6.07, 6.45) is 3.44. The number of nitrogens with two attached hydrogens (primary N) is 1. The Hall–Kier alpha value is -1.36. The predicted octanol–water partition coefficient (Wildman–Crippen LogP) is 2.37. The highest BCUT2D eigenvalue weighted by atomic mass is 32.1. The molecule has 1 aromatic heterocycles. The second kappa shape index (κ2) is 7.87. The van der Waals surface area contributed by atoms with Gasteiger partial charge in [-0.2, -0.15) is 0 Å². The first-order valence-corrected chi connectivity index (χ1v) is 6.70. The summed E-state index contributed by atoms with van der Waals surface area (Å²) in [5, 5.41) is 0. The number of pyridine rings is 1. The molecule has 0 atom stereocenters. The Kier molecular flexibility index (Phi) is 6.43. The molecule has 1 rings (SSSR count). The van der Waals surface area contributed by atoms with Crippen molar-refractivity contribution in [1.29, 1.82) is 0 Å². The molecule has 4 nitrogen and oxygen atoms in total. The van der Waals surface area contributed by atoms with Crippen molar-refractivity contribution in [3.05, 3.63) is 18.3 Å². The van der Waals surface area contributed by atoms with E-state index in [0.717, 1.165) is 31.1 Å². The first kappa shape index (κ1) is 14.7. The highest BCUT2D eigenvalue weighted by Gasteiger charge is 2.12. The van der Waals surface area contributed by atoms with Crippen molar-refractivity contribution in [3.63, 3.8) is 0 Å². The maximum absolute atomic E-state index is 5.71. The lowest BCUT2D eigenvalue weighted by Crippen LogP contribution is -2.28. The Bertz CT molecular complexity index is 384. The van der Waals surface area contributed by atoms with Crippen molar-refractivity contribution in [2.45, 2.75) is 26.7 Å². The third kappa shape index (κ3) is 4.49. The normalized spacial score (nSPS) is 10.1. The summed E-state index contributed by atoms with van der Waals surface area (Å²) in [6.45, 7) is 6.48. The van der Waals surface area contributed by atoms with Crippen LogP contribution < -0.4 is 15.4 Å². The van der Waals surface area contributed by atoms with Crippen LogP contribution in [0.1, 0.15) is 26.7 Å². The van der Waals surface area contributed by atoms with Gasteiger partial charge in [-0.1, -0.05) is 19.1 Å². The standard InChI is InChI=1S/C13H21N3OS/c1-3-10-17-11-6-5-8-15-13(11)16(4-2)9-7-12(14)18/h5-6,8H,3-4,7,9-10H2,1-2H3,(H2,14,18). The van der Waals surface area contributed by atoms with Crippen LogP contribution in [-0.4, -0.2) is 29.7 Å². The average molecular weight is 267 g/mol. The first-order chi connectivity index (χ1) is 8.69. The molecule has 1 aromatic rings. The lowest BCUT2D eigenvalue weighted by Gasteiger charge is -2.23. The third-order valence-corrected chi connectivity index (χ3v) is 2.73. The second-order valence-electron chi connectivity index (χ2n) is 3.97. The van der Waals surface area contributed by atoms with E-state index >= 15 is 0 Å². The summed E-state index contributed by atoms with van der Waals surface area (Å²) in [7, 11) is 0. The zero-order valence-corrected chi connectivity index (χ0v) is 11.9. The molecule has 18 heavy (non-hydrogen) atoms. The Balaban J connectivity index is 2.79. The van der Waals surface area contributed by atoms with E-state index in [1.165, 1.54) is 0 Å². The van der Waals surface area contributed by atoms with Crippen molar-refractivity contribution < 1.29 is 4.74 Å². The van der Waals surface area contributed by atoms with Crippen LogP contribution in [0.4, 0.5) is 5.82 Å². The van der Waals surface area contributed by atoms with E-state index in [2.05, 4.69) is 23.7 Å². The summed E-state index contributed by atoms with van der Waals surface area (Å²) in [6, 6.07) is 3.83. The van der Waals surface area contributed by atoms with Crippen LogP contribution in [0.15, 0.2) is 18.3 Å². The molecule has 0 aromatic carbocycles. The zero-order chi connectivity index (χ0) is 13.4. The van der Waals surface area contributed by atoms with Crippen LogP contribution in [0, 0.1) is 0 Å². The van der Waals surface area contributed by atoms with E-state index in [4.69, 9.17) is 22.7 Å². The number of hydrogen-bond donors (Lipinski definition) is 1. The smallest absolute Gasteiger partial charge is 0.171 e. The fourth-order valence-electron chi connectivity index (χ4n) is 1.60. The van der Waals surface area contributed by atoms with Crippen LogP contribution in [0.25, 0.3) is 0 Å². The van der Waals surface area contributed by atoms with Gasteiger partial charge in [0.15, 0.2) is 11.6 Å². The highest BCUT2D eigenvalue weighted by Crippen LogP contribution is 2.25. The summed E-state index contributed by atoms with van der Waals surface area (Å²) in [5.41, 5.74) is 5.54. The number of aromatic nitrogens is 1. The Morgan fingerprint density at radius 1 is 1.50 bits per heavy atom. The van der Waals surface area contributed by atoms with E-state index in [1.807, 2.05) is 12.1 Å². The van der Waals surface area contributed by atoms with Crippen LogP contribution in [-0.2, 0) is 0 Å². The molecule has 0 unspecified atom stereocenters. The maximum atomic E-state index is 5.71. The molecule has 100 valence electrons. The molecule has 5 heteroatoms. The topological polar surface area (TPSA) is 51.4 Å². The van der Waals surface area contributed by atoms with Gasteiger partial charge >= 0.3 is 0 Å². The fraction of sp³-hybridized carbons (Fsp3) is 0.538. The van der Waals surface area contributed by atoms with Crippen LogP contribution >= 0.6 is 12.2 Å². The average Bonchev–Trinajstić information content (AvgIpc) is 2.38. The number of rotatable bonds is 8. The molecule has 0 spiro atoms. The Labute approximate surface area is 114 Å². The van der Waals surface area contributed by atoms with Gasteiger partial charge in [0.1, 0.15) is 0 Å². The molecule has 0 bridgehead atoms. The van der Waals surface area contributed by atoms with E-state index in [-0.39, 0.29) is 0 Å². The van der Waals surface area contributed by atoms with Crippen molar-refractivity contribution in [2.75, 3.05) is 24.6 Å². The Morgan fingerprint density at radius 2 is 2.28 bits per heavy atom. The van der Waals surface area contributed by atoms with Gasteiger partial charge in [-0.25, -0.2) is 4.98 Å². The fourth-order valence-corrected chi connectivity index (χ4v) is 1.69. The molecular weight excluding hydrogens is 246 g/mol. The van der Waals surface area contributed by atoms with Crippen molar-refractivity contribution >= 4 is 23.0 Å². The SMILES string of the molecule is CCCOc1cccnc1N(CC)CCC(N)=S. The van der Waals surface area contributed by atoms with Gasteiger partial charge in [0, 0.05) is 25.7 Å². The molecule has 0 aliphatic rings. The lowest BCUT2D eigenvalue weighted by atomic mass is 10.3. The molecule has 0 amide bonds. The summed E-state index contributed by atoms with van der Waals surface area (Å²) < 4.78 is 5.71. The molecule has 1 heterocycles. The van der Waals surface area contributed by atoms with Crippen LogP contribution in [0.5, 0.6) is 5.75 Å². The van der Waals surface area contributed by atoms with E-state index in [0.29, 0.717) is 18.0 Å². The quantitative estimate of drug-likeness (QED) is 0.733. The monoisotopic (exact) mass is 267 g/mol. The van der Waals surface area contributed by atoms with E-state index in [9.17, 15) is 0 Å². The van der Waals surface area contributed by atoms with Gasteiger partial charge in [-0.3, -0.25) is 0 Å². The van der Waals surface area contributed by atoms with E-state index < -0.39 is 0 Å². The van der Waals surface area contributed by atoms with Gasteiger partial charge in [0.25, 0.3) is 0 Å². The number of hydrogen-bond acceptors (Lipinski definition) is 4. The van der Waals surface area contributed by atoms with Crippen molar-refractivity contribution in [2.24, 2.45) is 5.73 Å². The number of anilines is 1. The van der Waals surface area contributed by atoms with E-state index in [1.54, 1.807) is 6.20 Å². The molecule has 0 aliphatic heterocycles. The molecular formula is C13H21N3OS. The minimum absolute atomic E-state index is 0.528.